The largest absolute Gasteiger partial charge is 0.271 e. The lowest BCUT2D eigenvalue weighted by Gasteiger charge is -2.12. The number of hydrazine groups is 1. The summed E-state index contributed by atoms with van der Waals surface area (Å²) >= 11 is 6.94. The van der Waals surface area contributed by atoms with Gasteiger partial charge in [0.1, 0.15) is 0 Å². The minimum absolute atomic E-state index is 0.208. The number of nitrogens with one attached hydrogen (secondary N) is 1. The molecule has 2 nitrogen and oxygen atoms in total. The first-order valence-electron chi connectivity index (χ1n) is 4.52. The molecule has 0 saturated heterocycles. The van der Waals surface area contributed by atoms with Gasteiger partial charge in [0.2, 0.25) is 0 Å². The van der Waals surface area contributed by atoms with Crippen molar-refractivity contribution in [3.8, 4) is 0 Å². The Balaban J connectivity index is 2.11. The molecule has 2 aromatic heterocycles. The van der Waals surface area contributed by atoms with E-state index in [2.05, 4.69) is 50.3 Å². The van der Waals surface area contributed by atoms with Crippen molar-refractivity contribution in [3.63, 3.8) is 0 Å². The molecule has 0 aliphatic heterocycles. The molecule has 2 aromatic rings. The van der Waals surface area contributed by atoms with Gasteiger partial charge in [0.05, 0.1) is 6.04 Å². The summed E-state index contributed by atoms with van der Waals surface area (Å²) in [6, 6.07) is 6.53. The van der Waals surface area contributed by atoms with Crippen LogP contribution in [0.2, 0.25) is 0 Å². The van der Waals surface area contributed by atoms with Crippen molar-refractivity contribution in [1.29, 1.82) is 0 Å². The number of thiophene rings is 2. The molecule has 0 spiro atoms. The zero-order valence-corrected chi connectivity index (χ0v) is 11.2. The van der Waals surface area contributed by atoms with Crippen molar-refractivity contribution in [2.45, 2.75) is 12.5 Å². The molecular formula is C10H11BrN2S2. The molecule has 0 aromatic carbocycles. The lowest BCUT2D eigenvalue weighted by atomic mass is 10.1. The summed E-state index contributed by atoms with van der Waals surface area (Å²) in [7, 11) is 0. The molecule has 80 valence electrons. The minimum Gasteiger partial charge on any atom is -0.271 e. The van der Waals surface area contributed by atoms with E-state index in [0.29, 0.717) is 0 Å². The van der Waals surface area contributed by atoms with Gasteiger partial charge in [-0.3, -0.25) is 11.3 Å². The number of rotatable bonds is 4. The van der Waals surface area contributed by atoms with Gasteiger partial charge in [0.15, 0.2) is 0 Å². The number of halogens is 1. The van der Waals surface area contributed by atoms with Crippen LogP contribution < -0.4 is 11.3 Å². The zero-order chi connectivity index (χ0) is 10.7. The van der Waals surface area contributed by atoms with E-state index in [1.807, 2.05) is 0 Å². The highest BCUT2D eigenvalue weighted by molar-refractivity contribution is 9.10. The average Bonchev–Trinajstić information content (AvgIpc) is 2.85. The fourth-order valence-electron chi connectivity index (χ4n) is 1.38. The van der Waals surface area contributed by atoms with Crippen LogP contribution >= 0.6 is 38.6 Å². The first-order chi connectivity index (χ1) is 7.29. The smallest absolute Gasteiger partial charge is 0.0601 e. The molecule has 1 atom stereocenters. The van der Waals surface area contributed by atoms with Crippen LogP contribution in [0.3, 0.4) is 0 Å². The maximum absolute atomic E-state index is 5.58. The van der Waals surface area contributed by atoms with Gasteiger partial charge in [-0.25, -0.2) is 0 Å². The Hall–Kier alpha value is -0.200. The van der Waals surface area contributed by atoms with E-state index in [-0.39, 0.29) is 6.04 Å². The highest BCUT2D eigenvalue weighted by atomic mass is 79.9. The zero-order valence-electron chi connectivity index (χ0n) is 7.94. The third-order valence-electron chi connectivity index (χ3n) is 2.12. The van der Waals surface area contributed by atoms with Crippen molar-refractivity contribution in [3.05, 3.63) is 43.2 Å². The monoisotopic (exact) mass is 302 g/mol. The molecule has 1 unspecified atom stereocenters. The van der Waals surface area contributed by atoms with Gasteiger partial charge in [0, 0.05) is 26.0 Å². The van der Waals surface area contributed by atoms with E-state index in [0.717, 1.165) is 10.9 Å². The van der Waals surface area contributed by atoms with Gasteiger partial charge in [-0.15, -0.1) is 22.7 Å². The quantitative estimate of drug-likeness (QED) is 0.672. The highest BCUT2D eigenvalue weighted by Gasteiger charge is 2.12. The fourth-order valence-corrected chi connectivity index (χ4v) is 3.64. The third kappa shape index (κ3) is 2.89. The van der Waals surface area contributed by atoms with Crippen LogP contribution in [0, 0.1) is 0 Å². The second-order valence-electron chi connectivity index (χ2n) is 3.17. The maximum Gasteiger partial charge on any atom is 0.0601 e. The fraction of sp³-hybridized carbons (Fsp3) is 0.200. The van der Waals surface area contributed by atoms with E-state index < -0.39 is 0 Å². The number of hydrogen-bond donors (Lipinski definition) is 2. The summed E-state index contributed by atoms with van der Waals surface area (Å²) in [4.78, 5) is 2.61. The molecule has 0 amide bonds. The molecule has 3 N–H and O–H groups in total. The summed E-state index contributed by atoms with van der Waals surface area (Å²) in [5.41, 5.74) is 2.87. The van der Waals surface area contributed by atoms with Crippen LogP contribution in [-0.2, 0) is 6.42 Å². The molecular weight excluding hydrogens is 292 g/mol. The van der Waals surface area contributed by atoms with Crippen LogP contribution in [0.4, 0.5) is 0 Å². The molecule has 15 heavy (non-hydrogen) atoms. The maximum atomic E-state index is 5.58. The van der Waals surface area contributed by atoms with E-state index in [1.54, 1.807) is 22.7 Å². The number of hydrogen-bond acceptors (Lipinski definition) is 4. The Morgan fingerprint density at radius 2 is 2.33 bits per heavy atom. The summed E-state index contributed by atoms with van der Waals surface area (Å²) in [5.74, 6) is 5.58. The summed E-state index contributed by atoms with van der Waals surface area (Å²) in [5, 5.41) is 4.17. The van der Waals surface area contributed by atoms with E-state index >= 15 is 0 Å². The molecule has 5 heteroatoms. The molecule has 0 aliphatic carbocycles. The van der Waals surface area contributed by atoms with Crippen molar-refractivity contribution in [2.75, 3.05) is 0 Å². The van der Waals surface area contributed by atoms with E-state index in [4.69, 9.17) is 5.84 Å². The molecule has 0 radical (unpaired) electrons. The third-order valence-corrected chi connectivity index (χ3v) is 4.82. The molecule has 2 rings (SSSR count). The van der Waals surface area contributed by atoms with E-state index in [9.17, 15) is 0 Å². The molecule has 0 fully saturated rings. The number of nitrogens with two attached hydrogens (primary N) is 1. The van der Waals surface area contributed by atoms with Crippen molar-refractivity contribution < 1.29 is 0 Å². The van der Waals surface area contributed by atoms with Crippen LogP contribution in [0.15, 0.2) is 33.4 Å². The second kappa shape index (κ2) is 5.23. The van der Waals surface area contributed by atoms with Gasteiger partial charge >= 0.3 is 0 Å². The van der Waals surface area contributed by atoms with Crippen LogP contribution in [0.25, 0.3) is 0 Å². The van der Waals surface area contributed by atoms with Gasteiger partial charge in [-0.2, -0.15) is 0 Å². The lowest BCUT2D eigenvalue weighted by molar-refractivity contribution is 0.564. The van der Waals surface area contributed by atoms with Gasteiger partial charge < -0.3 is 0 Å². The Labute approximate surface area is 105 Å². The van der Waals surface area contributed by atoms with Gasteiger partial charge in [-0.05, 0) is 33.4 Å². The molecule has 0 aliphatic rings. The lowest BCUT2D eigenvalue weighted by Crippen LogP contribution is -2.28. The van der Waals surface area contributed by atoms with Gasteiger partial charge in [-0.1, -0.05) is 6.07 Å². The molecule has 0 saturated carbocycles. The highest BCUT2D eigenvalue weighted by Crippen LogP contribution is 2.28. The second-order valence-corrected chi connectivity index (χ2v) is 6.06. The summed E-state index contributed by atoms with van der Waals surface area (Å²) in [6.45, 7) is 0. The predicted octanol–water partition coefficient (Wildman–Crippen LogP) is 3.32. The molecule has 2 heterocycles. The minimum atomic E-state index is 0.208. The standard InChI is InChI=1S/C10H11BrN2S2/c11-7-4-10(15-6-7)9(13-12)5-8-2-1-3-14-8/h1-4,6,9,13H,5,12H2. The topological polar surface area (TPSA) is 38.0 Å². The van der Waals surface area contributed by atoms with Crippen molar-refractivity contribution in [1.82, 2.24) is 5.43 Å². The van der Waals surface area contributed by atoms with Crippen LogP contribution in [-0.4, -0.2) is 0 Å². The summed E-state index contributed by atoms with van der Waals surface area (Å²) in [6.07, 6.45) is 0.946. The predicted molar refractivity (Wildman–Crippen MR) is 70.1 cm³/mol. The summed E-state index contributed by atoms with van der Waals surface area (Å²) < 4.78 is 1.12. The Bertz CT molecular complexity index is 411. The molecule has 0 bridgehead atoms. The van der Waals surface area contributed by atoms with Crippen molar-refractivity contribution in [2.24, 2.45) is 5.84 Å². The van der Waals surface area contributed by atoms with Crippen LogP contribution in [0.5, 0.6) is 0 Å². The van der Waals surface area contributed by atoms with Crippen molar-refractivity contribution >= 4 is 38.6 Å². The van der Waals surface area contributed by atoms with Gasteiger partial charge in [0.25, 0.3) is 0 Å². The van der Waals surface area contributed by atoms with Crippen LogP contribution in [0.1, 0.15) is 15.8 Å². The normalized spacial score (nSPS) is 12.9. The Kier molecular flexibility index (Phi) is 3.93. The van der Waals surface area contributed by atoms with E-state index in [1.165, 1.54) is 9.75 Å². The first kappa shape index (κ1) is 11.3. The Morgan fingerprint density at radius 1 is 1.47 bits per heavy atom. The first-order valence-corrected chi connectivity index (χ1v) is 7.07. The Morgan fingerprint density at radius 3 is 2.87 bits per heavy atom. The SMILES string of the molecule is NNC(Cc1cccs1)c1cc(Br)cs1. The average molecular weight is 303 g/mol.